The molecule has 0 spiro atoms. The fourth-order valence-corrected chi connectivity index (χ4v) is 3.29. The van der Waals surface area contributed by atoms with Crippen LogP contribution in [0.2, 0.25) is 0 Å². The Morgan fingerprint density at radius 2 is 2.07 bits per heavy atom. The first-order valence-corrected chi connectivity index (χ1v) is 8.55. The quantitative estimate of drug-likeness (QED) is 0.458. The van der Waals surface area contributed by atoms with Gasteiger partial charge in [0, 0.05) is 19.4 Å². The summed E-state index contributed by atoms with van der Waals surface area (Å²) >= 11 is 0. The van der Waals surface area contributed by atoms with E-state index >= 15 is 0 Å². The molecule has 2 atom stereocenters. The number of allylic oxidation sites excluding steroid dienone is 1. The van der Waals surface area contributed by atoms with Crippen LogP contribution in [0, 0.1) is 6.92 Å². The van der Waals surface area contributed by atoms with Crippen LogP contribution in [0.25, 0.3) is 0 Å². The highest BCUT2D eigenvalue weighted by Crippen LogP contribution is 2.39. The molecule has 9 nitrogen and oxygen atoms in total. The molecular formula is C19H21N3O6. The molecule has 2 aliphatic rings. The number of fused-ring (bicyclic) bond motifs is 2. The van der Waals surface area contributed by atoms with Crippen molar-refractivity contribution in [1.82, 2.24) is 4.90 Å². The van der Waals surface area contributed by atoms with Crippen molar-refractivity contribution in [3.63, 3.8) is 0 Å². The summed E-state index contributed by atoms with van der Waals surface area (Å²) in [6, 6.07) is 2.99. The van der Waals surface area contributed by atoms with Gasteiger partial charge in [0.05, 0.1) is 24.4 Å². The summed E-state index contributed by atoms with van der Waals surface area (Å²) in [5, 5.41) is 3.17. The summed E-state index contributed by atoms with van der Waals surface area (Å²) in [4.78, 5) is 37.4. The van der Waals surface area contributed by atoms with E-state index in [-0.39, 0.29) is 17.7 Å². The smallest absolute Gasteiger partial charge is 0.437 e. The van der Waals surface area contributed by atoms with E-state index in [1.54, 1.807) is 36.2 Å². The lowest BCUT2D eigenvalue weighted by molar-refractivity contribution is -0.113. The van der Waals surface area contributed by atoms with Crippen molar-refractivity contribution >= 4 is 23.7 Å². The molecule has 0 bridgehead atoms. The van der Waals surface area contributed by atoms with Crippen molar-refractivity contribution in [1.29, 1.82) is 0 Å². The van der Waals surface area contributed by atoms with Gasteiger partial charge in [-0.25, -0.2) is 4.79 Å². The molecule has 148 valence electrons. The minimum Gasteiger partial charge on any atom is -0.437 e. The van der Waals surface area contributed by atoms with Gasteiger partial charge in [-0.05, 0) is 30.5 Å². The lowest BCUT2D eigenvalue weighted by Gasteiger charge is -2.27. The van der Waals surface area contributed by atoms with Crippen molar-refractivity contribution in [3.8, 4) is 5.75 Å². The van der Waals surface area contributed by atoms with Crippen molar-refractivity contribution in [2.75, 3.05) is 19.5 Å². The number of amides is 2. The molecule has 0 saturated heterocycles. The van der Waals surface area contributed by atoms with Gasteiger partial charge in [0.25, 0.3) is 5.91 Å². The number of hydrogen-bond acceptors (Lipinski definition) is 7. The number of rotatable bonds is 4. The minimum absolute atomic E-state index is 0.207. The largest absolute Gasteiger partial charge is 0.513 e. The average Bonchev–Trinajstić information content (AvgIpc) is 3.05. The van der Waals surface area contributed by atoms with Crippen LogP contribution < -0.4 is 15.8 Å². The molecule has 3 rings (SSSR count). The van der Waals surface area contributed by atoms with Crippen LogP contribution in [0.4, 0.5) is 10.5 Å². The molecule has 3 N–H and O–H groups in total. The Morgan fingerprint density at radius 3 is 2.71 bits per heavy atom. The van der Waals surface area contributed by atoms with Crippen LogP contribution in [0.5, 0.6) is 5.75 Å². The molecular weight excluding hydrogens is 366 g/mol. The van der Waals surface area contributed by atoms with Gasteiger partial charge in [0.2, 0.25) is 5.91 Å². The first kappa shape index (κ1) is 19.4. The fraction of sp³-hybridized carbons (Fsp3) is 0.316. The Kier molecular flexibility index (Phi) is 5.36. The number of primary amides is 1. The Labute approximate surface area is 161 Å². The molecule has 0 aliphatic carbocycles. The maximum atomic E-state index is 13.2. The maximum absolute atomic E-state index is 13.2. The second-order valence-corrected chi connectivity index (χ2v) is 6.41. The number of hydrogen-bond donors (Lipinski definition) is 2. The number of carbonyl (C=O) groups is 3. The number of anilines is 1. The van der Waals surface area contributed by atoms with Crippen LogP contribution >= 0.6 is 0 Å². The van der Waals surface area contributed by atoms with E-state index < -0.39 is 18.3 Å². The van der Waals surface area contributed by atoms with Crippen molar-refractivity contribution in [2.45, 2.75) is 25.6 Å². The lowest BCUT2D eigenvalue weighted by atomic mass is 10.1. The standard InChI is InChI=1S/C19H21N3O6/c1-10-4-6-12-15(16(10)28-19(25)27-3)21-17(26-2)13-8-11(5-7-14(20)23)9-22(13)18(12)24/h4-7,9,13,17,21H,8H2,1-3H3,(H2,20,23). The zero-order valence-electron chi connectivity index (χ0n) is 15.7. The van der Waals surface area contributed by atoms with Gasteiger partial charge in [0.15, 0.2) is 5.75 Å². The molecule has 9 heteroatoms. The predicted octanol–water partition coefficient (Wildman–Crippen LogP) is 1.68. The number of methoxy groups -OCH3 is 2. The van der Waals surface area contributed by atoms with Gasteiger partial charge in [-0.3, -0.25) is 9.59 Å². The molecule has 0 radical (unpaired) electrons. The summed E-state index contributed by atoms with van der Waals surface area (Å²) < 4.78 is 15.4. The number of nitrogens with one attached hydrogen (secondary N) is 1. The zero-order valence-corrected chi connectivity index (χ0v) is 15.7. The third kappa shape index (κ3) is 3.56. The maximum Gasteiger partial charge on any atom is 0.513 e. The van der Waals surface area contributed by atoms with Crippen LogP contribution in [0.3, 0.4) is 0 Å². The summed E-state index contributed by atoms with van der Waals surface area (Å²) in [7, 11) is 2.72. The number of ether oxygens (including phenoxy) is 3. The highest BCUT2D eigenvalue weighted by molar-refractivity contribution is 6.03. The number of benzene rings is 1. The Morgan fingerprint density at radius 1 is 1.32 bits per heavy atom. The van der Waals surface area contributed by atoms with Crippen LogP contribution in [0.1, 0.15) is 22.3 Å². The van der Waals surface area contributed by atoms with E-state index in [4.69, 9.17) is 15.2 Å². The molecule has 2 unspecified atom stereocenters. The Balaban J connectivity index is 2.05. The van der Waals surface area contributed by atoms with E-state index in [0.717, 1.165) is 5.57 Å². The van der Waals surface area contributed by atoms with Crippen LogP contribution in [-0.2, 0) is 14.3 Å². The van der Waals surface area contributed by atoms with E-state index in [9.17, 15) is 14.4 Å². The lowest BCUT2D eigenvalue weighted by Crippen LogP contribution is -2.43. The highest BCUT2D eigenvalue weighted by atomic mass is 16.7. The summed E-state index contributed by atoms with van der Waals surface area (Å²) in [5.74, 6) is -0.649. The van der Waals surface area contributed by atoms with E-state index in [1.807, 2.05) is 0 Å². The van der Waals surface area contributed by atoms with Gasteiger partial charge in [0.1, 0.15) is 6.23 Å². The van der Waals surface area contributed by atoms with E-state index in [2.05, 4.69) is 10.1 Å². The number of nitrogens with two attached hydrogens (primary N) is 1. The van der Waals surface area contributed by atoms with Gasteiger partial charge in [-0.1, -0.05) is 12.1 Å². The molecule has 0 fully saturated rings. The molecule has 1 aromatic rings. The molecule has 1 aromatic carbocycles. The third-order valence-electron chi connectivity index (χ3n) is 4.63. The van der Waals surface area contributed by atoms with Gasteiger partial charge in [-0.15, -0.1) is 0 Å². The average molecular weight is 387 g/mol. The first-order valence-electron chi connectivity index (χ1n) is 8.55. The second-order valence-electron chi connectivity index (χ2n) is 6.41. The number of nitrogens with zero attached hydrogens (tertiary/aromatic N) is 1. The first-order chi connectivity index (χ1) is 13.3. The molecule has 28 heavy (non-hydrogen) atoms. The van der Waals surface area contributed by atoms with E-state index in [1.165, 1.54) is 20.3 Å². The molecule has 2 aliphatic heterocycles. The number of aryl methyl sites for hydroxylation is 1. The normalized spacial score (nSPS) is 20.8. The molecule has 0 saturated carbocycles. The second kappa shape index (κ2) is 7.73. The minimum atomic E-state index is -0.886. The highest BCUT2D eigenvalue weighted by Gasteiger charge is 2.40. The fourth-order valence-electron chi connectivity index (χ4n) is 3.29. The summed E-state index contributed by atoms with van der Waals surface area (Å²) in [5.41, 5.74) is 7.25. The zero-order chi connectivity index (χ0) is 20.4. The van der Waals surface area contributed by atoms with Gasteiger partial charge in [-0.2, -0.15) is 0 Å². The number of carbonyl (C=O) groups excluding carboxylic acids is 3. The summed E-state index contributed by atoms with van der Waals surface area (Å²) in [6.07, 6.45) is 3.49. The SMILES string of the molecule is COC(=O)Oc1c(C)ccc2c1NC(OC)C1CC(C=CC(N)=O)=CN1C2=O. The van der Waals surface area contributed by atoms with Gasteiger partial charge >= 0.3 is 6.16 Å². The Bertz CT molecular complexity index is 892. The van der Waals surface area contributed by atoms with Crippen molar-refractivity contribution in [2.24, 2.45) is 5.73 Å². The predicted molar refractivity (Wildman–Crippen MR) is 99.6 cm³/mol. The monoisotopic (exact) mass is 387 g/mol. The Hall–Kier alpha value is -3.33. The molecule has 0 aromatic heterocycles. The summed E-state index contributed by atoms with van der Waals surface area (Å²) in [6.45, 7) is 1.76. The van der Waals surface area contributed by atoms with Crippen molar-refractivity contribution in [3.05, 3.63) is 47.2 Å². The van der Waals surface area contributed by atoms with Gasteiger partial charge < -0.3 is 30.2 Å². The van der Waals surface area contributed by atoms with E-state index in [0.29, 0.717) is 23.2 Å². The molecule has 2 heterocycles. The third-order valence-corrected chi connectivity index (χ3v) is 4.63. The topological polar surface area (TPSA) is 120 Å². The molecule has 2 amide bonds. The van der Waals surface area contributed by atoms with Crippen LogP contribution in [0.15, 0.2) is 36.1 Å². The van der Waals surface area contributed by atoms with Crippen molar-refractivity contribution < 1.29 is 28.6 Å². The van der Waals surface area contributed by atoms with Crippen LogP contribution in [-0.4, -0.2) is 49.4 Å².